The van der Waals surface area contributed by atoms with Gasteiger partial charge in [-0.15, -0.1) is 10.2 Å². The summed E-state index contributed by atoms with van der Waals surface area (Å²) in [4.78, 5) is 11.0. The normalized spacial score (nSPS) is 12.0. The second-order valence-corrected chi connectivity index (χ2v) is 15.2. The van der Waals surface area contributed by atoms with E-state index >= 15 is 0 Å². The predicted molar refractivity (Wildman–Crippen MR) is 235 cm³/mol. The van der Waals surface area contributed by atoms with Crippen LogP contribution in [-0.4, -0.2) is 15.4 Å². The van der Waals surface area contributed by atoms with Crippen LogP contribution in [0.5, 0.6) is 0 Å². The maximum atomic E-state index is 5.63. The molecule has 0 radical (unpaired) electrons. The fourth-order valence-electron chi connectivity index (χ4n) is 9.05. The van der Waals surface area contributed by atoms with E-state index in [1.807, 2.05) is 0 Å². The van der Waals surface area contributed by atoms with Crippen LogP contribution in [0.1, 0.15) is 50.7 Å². The topological polar surface area (TPSA) is 63.4 Å². The van der Waals surface area contributed by atoms with E-state index in [1.54, 1.807) is 0 Å². The summed E-state index contributed by atoms with van der Waals surface area (Å²) in [6.07, 6.45) is 6.06. The number of unbranched alkanes of at least 4 members (excludes halogenated alkanes) is 2. The fraction of sp³-hybridized carbons (Fsp3) is 0.151. The second-order valence-electron chi connectivity index (χ2n) is 15.2. The first-order valence-electron chi connectivity index (χ1n) is 20.7. The molecule has 0 spiro atoms. The predicted octanol–water partition coefficient (Wildman–Crippen LogP) is 12.4. The van der Waals surface area contributed by atoms with Crippen molar-refractivity contribution in [1.29, 1.82) is 0 Å². The SMILES string of the molecule is CCCCc1c(CCCC)c(-c2nnnc(-c3ccccc3)c2-c2ccccc2-c2ccccc2)c2c(c1-c1ccccc1)N=c1ccc3c(c1-2)N=c1ccccc1=3. The van der Waals surface area contributed by atoms with Crippen LogP contribution in [0.4, 0.5) is 11.4 Å². The van der Waals surface area contributed by atoms with Crippen molar-refractivity contribution in [2.24, 2.45) is 9.98 Å². The summed E-state index contributed by atoms with van der Waals surface area (Å²) >= 11 is 0. The molecule has 0 saturated carbocycles. The summed E-state index contributed by atoms with van der Waals surface area (Å²) in [5, 5.41) is 18.9. The smallest absolute Gasteiger partial charge is 0.106 e. The van der Waals surface area contributed by atoms with Gasteiger partial charge in [-0.2, -0.15) is 0 Å². The zero-order valence-corrected chi connectivity index (χ0v) is 32.9. The monoisotopic (exact) mass is 749 g/mol. The van der Waals surface area contributed by atoms with Gasteiger partial charge < -0.3 is 0 Å². The molecule has 3 heterocycles. The molecule has 5 heteroatoms. The van der Waals surface area contributed by atoms with E-state index in [0.29, 0.717) is 0 Å². The van der Waals surface area contributed by atoms with Gasteiger partial charge in [0.05, 0.1) is 22.1 Å². The number of aromatic nitrogens is 3. The number of hydrogen-bond donors (Lipinski definition) is 0. The Kier molecular flexibility index (Phi) is 9.34. The third kappa shape index (κ3) is 5.97. The van der Waals surface area contributed by atoms with E-state index in [4.69, 9.17) is 20.2 Å². The van der Waals surface area contributed by atoms with Crippen molar-refractivity contribution in [3.8, 4) is 67.0 Å². The lowest BCUT2D eigenvalue weighted by atomic mass is 9.78. The molecule has 280 valence electrons. The maximum absolute atomic E-state index is 5.63. The van der Waals surface area contributed by atoms with Gasteiger partial charge in [0.1, 0.15) is 11.4 Å². The molecule has 0 bridgehead atoms. The highest BCUT2D eigenvalue weighted by Gasteiger charge is 2.34. The third-order valence-electron chi connectivity index (χ3n) is 11.7. The van der Waals surface area contributed by atoms with Crippen LogP contribution in [0.3, 0.4) is 0 Å². The van der Waals surface area contributed by atoms with Crippen molar-refractivity contribution in [2.75, 3.05) is 0 Å². The van der Waals surface area contributed by atoms with E-state index in [0.717, 1.165) is 127 Å². The maximum Gasteiger partial charge on any atom is 0.106 e. The molecular weight excluding hydrogens is 707 g/mol. The van der Waals surface area contributed by atoms with E-state index in [9.17, 15) is 0 Å². The molecule has 0 saturated heterocycles. The van der Waals surface area contributed by atoms with E-state index in [-0.39, 0.29) is 0 Å². The van der Waals surface area contributed by atoms with Gasteiger partial charge in [0.2, 0.25) is 0 Å². The van der Waals surface area contributed by atoms with Crippen LogP contribution in [0.15, 0.2) is 162 Å². The van der Waals surface area contributed by atoms with Crippen molar-refractivity contribution in [3.05, 3.63) is 184 Å². The first-order valence-corrected chi connectivity index (χ1v) is 20.7. The number of fused-ring (bicyclic) bond motifs is 6. The average Bonchev–Trinajstić information content (AvgIpc) is 3.86. The van der Waals surface area contributed by atoms with Crippen LogP contribution in [0.25, 0.3) is 67.0 Å². The van der Waals surface area contributed by atoms with Gasteiger partial charge in [0, 0.05) is 43.8 Å². The minimum atomic E-state index is 0.803. The van der Waals surface area contributed by atoms with Gasteiger partial charge in [0.15, 0.2) is 0 Å². The second kappa shape index (κ2) is 15.2. The van der Waals surface area contributed by atoms with Crippen LogP contribution in [0, 0.1) is 10.4 Å². The molecule has 0 unspecified atom stereocenters. The molecule has 10 rings (SSSR count). The molecule has 0 aliphatic carbocycles. The summed E-state index contributed by atoms with van der Waals surface area (Å²) in [6, 6.07) is 53.6. The third-order valence-corrected chi connectivity index (χ3v) is 11.7. The molecule has 58 heavy (non-hydrogen) atoms. The molecule has 5 nitrogen and oxygen atoms in total. The Morgan fingerprint density at radius 2 is 0.948 bits per heavy atom. The molecule has 8 aromatic rings. The minimum Gasteiger partial charge on any atom is -0.247 e. The van der Waals surface area contributed by atoms with Gasteiger partial charge in [0.25, 0.3) is 0 Å². The first kappa shape index (κ1) is 35.6. The van der Waals surface area contributed by atoms with E-state index in [2.05, 4.69) is 171 Å². The molecule has 7 aromatic carbocycles. The highest BCUT2D eigenvalue weighted by atomic mass is 15.3. The number of hydrogen-bond acceptors (Lipinski definition) is 5. The van der Waals surface area contributed by atoms with Crippen LogP contribution >= 0.6 is 0 Å². The number of rotatable bonds is 11. The van der Waals surface area contributed by atoms with Crippen molar-refractivity contribution >= 4 is 11.4 Å². The Labute approximate surface area is 338 Å². The lowest BCUT2D eigenvalue weighted by molar-refractivity contribution is 0.759. The lowest BCUT2D eigenvalue weighted by Crippen LogP contribution is -2.09. The van der Waals surface area contributed by atoms with Gasteiger partial charge in [-0.25, -0.2) is 9.98 Å². The average molecular weight is 750 g/mol. The largest absolute Gasteiger partial charge is 0.247 e. The van der Waals surface area contributed by atoms with Crippen molar-refractivity contribution < 1.29 is 0 Å². The van der Waals surface area contributed by atoms with Gasteiger partial charge in [-0.3, -0.25) is 0 Å². The Morgan fingerprint density at radius 3 is 1.66 bits per heavy atom. The quantitative estimate of drug-likeness (QED) is 0.132. The highest BCUT2D eigenvalue weighted by Crippen LogP contribution is 2.55. The number of para-hydroxylation sites is 1. The van der Waals surface area contributed by atoms with Crippen molar-refractivity contribution in [2.45, 2.75) is 52.4 Å². The Bertz CT molecular complexity index is 3070. The highest BCUT2D eigenvalue weighted by molar-refractivity contribution is 6.08. The van der Waals surface area contributed by atoms with Crippen LogP contribution in [0.2, 0.25) is 0 Å². The molecule has 2 aliphatic heterocycles. The fourth-order valence-corrected chi connectivity index (χ4v) is 9.05. The molecule has 0 amide bonds. The summed E-state index contributed by atoms with van der Waals surface area (Å²) in [5.41, 5.74) is 17.2. The van der Waals surface area contributed by atoms with E-state index < -0.39 is 0 Å². The van der Waals surface area contributed by atoms with Crippen LogP contribution < -0.4 is 10.7 Å². The lowest BCUT2D eigenvalue weighted by Gasteiger charge is -2.26. The minimum absolute atomic E-state index is 0.803. The van der Waals surface area contributed by atoms with Gasteiger partial charge >= 0.3 is 0 Å². The summed E-state index contributed by atoms with van der Waals surface area (Å²) in [5.74, 6) is 0. The molecule has 0 fully saturated rings. The zero-order valence-electron chi connectivity index (χ0n) is 32.9. The Morgan fingerprint density at radius 1 is 0.379 bits per heavy atom. The Balaban J connectivity index is 1.41. The van der Waals surface area contributed by atoms with Crippen LogP contribution in [-0.2, 0) is 12.8 Å². The van der Waals surface area contributed by atoms with Crippen molar-refractivity contribution in [1.82, 2.24) is 15.4 Å². The molecule has 0 atom stereocenters. The summed E-state index contributed by atoms with van der Waals surface area (Å²) < 4.78 is 0. The zero-order chi connectivity index (χ0) is 39.0. The first-order chi connectivity index (χ1) is 28.7. The number of benzene rings is 7. The standard InChI is InChI=1S/C53H43N5/c1-3-5-26-40-41(27-6-4-2)46(53-47(50(56-58-57-53)36-24-14-9-15-25-36)39-30-17-16-28-37(39)34-20-10-7-11-21-34)49-48-44(55-52(49)45(40)35-22-12-8-13-23-35)33-32-42-38-29-18-19-31-43(38)54-51(42)48/h7-25,28-33H,3-6,26-27H2,1-2H3. The molecule has 2 aliphatic rings. The van der Waals surface area contributed by atoms with E-state index in [1.165, 1.54) is 22.3 Å². The summed E-state index contributed by atoms with van der Waals surface area (Å²) in [6.45, 7) is 4.57. The number of nitrogens with zero attached hydrogens (tertiary/aromatic N) is 5. The van der Waals surface area contributed by atoms with Crippen molar-refractivity contribution in [3.63, 3.8) is 0 Å². The molecular formula is C53H43N5. The van der Waals surface area contributed by atoms with Gasteiger partial charge in [-0.05, 0) is 82.5 Å². The molecule has 1 aromatic heterocycles. The molecule has 0 N–H and O–H groups in total. The van der Waals surface area contributed by atoms with Gasteiger partial charge in [-0.1, -0.05) is 160 Å². The summed E-state index contributed by atoms with van der Waals surface area (Å²) in [7, 11) is 0. The Hall–Kier alpha value is -6.85.